The van der Waals surface area contributed by atoms with Crippen LogP contribution in [0.25, 0.3) is 0 Å². The maximum atomic E-state index is 13.4. The Morgan fingerprint density at radius 2 is 1.71 bits per heavy atom. The van der Waals surface area contributed by atoms with Crippen molar-refractivity contribution < 1.29 is 23.9 Å². The van der Waals surface area contributed by atoms with Gasteiger partial charge in [0, 0.05) is 12.6 Å². The second kappa shape index (κ2) is 10.1. The molecule has 8 heteroatoms. The summed E-state index contributed by atoms with van der Waals surface area (Å²) in [5.74, 6) is -0.498. The van der Waals surface area contributed by atoms with E-state index in [0.29, 0.717) is 34.4 Å². The second-order valence-corrected chi connectivity index (χ2v) is 8.95. The normalized spacial score (nSPS) is 20.4. The number of piperidine rings is 1. The van der Waals surface area contributed by atoms with Gasteiger partial charge in [-0.1, -0.05) is 60.7 Å². The lowest BCUT2D eigenvalue weighted by Crippen LogP contribution is -2.57. The van der Waals surface area contributed by atoms with Crippen molar-refractivity contribution in [3.8, 4) is 0 Å². The molecule has 3 aromatic rings. The first-order chi connectivity index (χ1) is 16.4. The average Bonchev–Trinajstić information content (AvgIpc) is 2.85. The molecule has 0 bridgehead atoms. The van der Waals surface area contributed by atoms with Crippen molar-refractivity contribution in [2.75, 3.05) is 32.0 Å². The van der Waals surface area contributed by atoms with Gasteiger partial charge in [-0.25, -0.2) is 4.79 Å². The summed E-state index contributed by atoms with van der Waals surface area (Å²) < 4.78 is 6.32. The van der Waals surface area contributed by atoms with Gasteiger partial charge < -0.3 is 19.6 Å². The monoisotopic (exact) mass is 461 g/mol. The van der Waals surface area contributed by atoms with Gasteiger partial charge in [-0.05, 0) is 29.7 Å². The molecule has 1 fully saturated rings. The third kappa shape index (κ3) is 5.30. The fourth-order valence-electron chi connectivity index (χ4n) is 4.51. The molecule has 34 heavy (non-hydrogen) atoms. The van der Waals surface area contributed by atoms with E-state index in [0.717, 1.165) is 13.0 Å². The number of hydrogen-bond donors (Lipinski definition) is 2. The molecule has 8 nitrogen and oxygen atoms in total. The number of aliphatic hydroxyl groups is 1. The Labute approximate surface area is 198 Å². The van der Waals surface area contributed by atoms with Gasteiger partial charge in [0.05, 0.1) is 13.6 Å². The van der Waals surface area contributed by atoms with Gasteiger partial charge in [0.1, 0.15) is 6.54 Å². The van der Waals surface area contributed by atoms with Crippen molar-refractivity contribution in [1.29, 1.82) is 0 Å². The number of anilines is 1. The van der Waals surface area contributed by atoms with Gasteiger partial charge in [0.2, 0.25) is 5.60 Å². The number of carbonyl (C=O) groups excluding carboxylic acids is 2. The molecule has 1 amide bonds. The van der Waals surface area contributed by atoms with E-state index in [4.69, 9.17) is 4.74 Å². The number of amides is 1. The van der Waals surface area contributed by atoms with Gasteiger partial charge >= 0.3 is 5.97 Å². The lowest BCUT2D eigenvalue weighted by Gasteiger charge is -2.41. The van der Waals surface area contributed by atoms with E-state index in [2.05, 4.69) is 15.5 Å². The van der Waals surface area contributed by atoms with Crippen LogP contribution in [0.3, 0.4) is 0 Å². The predicted octanol–water partition coefficient (Wildman–Crippen LogP) is 2.50. The minimum atomic E-state index is -1.92. The van der Waals surface area contributed by atoms with E-state index in [1.165, 1.54) is 0 Å². The minimum absolute atomic E-state index is 0.181. The highest BCUT2D eigenvalue weighted by Gasteiger charge is 2.44. The fraction of sp³-hybridized carbons (Fsp3) is 0.308. The predicted molar refractivity (Wildman–Crippen MR) is 126 cm³/mol. The number of carbonyl (C=O) groups is 2. The fourth-order valence-corrected chi connectivity index (χ4v) is 4.51. The van der Waals surface area contributed by atoms with E-state index >= 15 is 0 Å². The average molecular weight is 462 g/mol. The summed E-state index contributed by atoms with van der Waals surface area (Å²) in [5.41, 5.74) is -1.03. The zero-order valence-electron chi connectivity index (χ0n) is 19.1. The van der Waals surface area contributed by atoms with Crippen LogP contribution in [0.2, 0.25) is 0 Å². The number of benzene rings is 2. The van der Waals surface area contributed by atoms with Crippen LogP contribution in [-0.4, -0.2) is 64.4 Å². The second-order valence-electron chi connectivity index (χ2n) is 8.95. The molecule has 0 aliphatic carbocycles. The summed E-state index contributed by atoms with van der Waals surface area (Å²) in [4.78, 5) is 26.0. The number of quaternary nitrogens is 1. The highest BCUT2D eigenvalue weighted by Crippen LogP contribution is 2.32. The molecule has 4 rings (SSSR count). The minimum Gasteiger partial charge on any atom is -0.454 e. The molecule has 2 aromatic carbocycles. The number of esters is 1. The van der Waals surface area contributed by atoms with Crippen molar-refractivity contribution in [1.82, 2.24) is 10.2 Å². The number of hydrogen-bond acceptors (Lipinski definition) is 6. The quantitative estimate of drug-likeness (QED) is 0.414. The standard InChI is InChI=1S/C26H28N4O4/c1-30(19-24(31)28-23-15-8-16-27-29-23)17-9-14-22(18-30)34-25(32)26(33,20-10-4-2-5-11-20)21-12-6-3-7-13-21/h2-8,10-13,15-16,22,33H,9,14,17-19H2,1H3/p+1. The number of ether oxygens (including phenoxy) is 1. The third-order valence-electron chi connectivity index (χ3n) is 6.19. The Bertz CT molecular complexity index is 1070. The van der Waals surface area contributed by atoms with Crippen molar-refractivity contribution in [2.24, 2.45) is 0 Å². The maximum absolute atomic E-state index is 13.4. The van der Waals surface area contributed by atoms with Crippen LogP contribution >= 0.6 is 0 Å². The van der Waals surface area contributed by atoms with Crippen LogP contribution in [0.15, 0.2) is 79.0 Å². The van der Waals surface area contributed by atoms with E-state index in [1.54, 1.807) is 66.9 Å². The van der Waals surface area contributed by atoms with Crippen molar-refractivity contribution in [3.05, 3.63) is 90.1 Å². The number of aromatic nitrogens is 2. The van der Waals surface area contributed by atoms with Crippen LogP contribution < -0.4 is 5.32 Å². The van der Waals surface area contributed by atoms with E-state index in [-0.39, 0.29) is 12.5 Å². The summed E-state index contributed by atoms with van der Waals surface area (Å²) in [6.45, 7) is 1.47. The van der Waals surface area contributed by atoms with Crippen LogP contribution in [0.4, 0.5) is 5.82 Å². The number of likely N-dealkylation sites (tertiary alicyclic amines) is 1. The SMILES string of the molecule is C[N+]1(CC(=O)Nc2cccnn2)CCCC(OC(=O)C(O)(c2ccccc2)c2ccccc2)C1. The van der Waals surface area contributed by atoms with Crippen LogP contribution in [-0.2, 0) is 19.9 Å². The number of nitrogens with zero attached hydrogens (tertiary/aromatic N) is 3. The first-order valence-corrected chi connectivity index (χ1v) is 11.3. The molecule has 2 N–H and O–H groups in total. The zero-order chi connectivity index (χ0) is 24.0. The Kier molecular flexibility index (Phi) is 7.00. The number of likely N-dealkylation sites (N-methyl/N-ethyl adjacent to an activating group) is 1. The summed E-state index contributed by atoms with van der Waals surface area (Å²) in [6, 6.07) is 21.0. The van der Waals surface area contributed by atoms with Crippen molar-refractivity contribution in [3.63, 3.8) is 0 Å². The van der Waals surface area contributed by atoms with Gasteiger partial charge in [-0.3, -0.25) is 4.79 Å². The van der Waals surface area contributed by atoms with E-state index in [1.807, 2.05) is 19.2 Å². The lowest BCUT2D eigenvalue weighted by atomic mass is 9.86. The van der Waals surface area contributed by atoms with Gasteiger partial charge in [0.25, 0.3) is 5.91 Å². The lowest BCUT2D eigenvalue weighted by molar-refractivity contribution is -0.909. The molecule has 1 saturated heterocycles. The summed E-state index contributed by atoms with van der Waals surface area (Å²) in [7, 11) is 1.97. The zero-order valence-corrected chi connectivity index (χ0v) is 19.1. The van der Waals surface area contributed by atoms with E-state index < -0.39 is 17.7 Å². The third-order valence-corrected chi connectivity index (χ3v) is 6.19. The highest BCUT2D eigenvalue weighted by molar-refractivity contribution is 5.90. The van der Waals surface area contributed by atoms with Gasteiger partial charge in [-0.15, -0.1) is 5.10 Å². The molecular weight excluding hydrogens is 432 g/mol. The van der Waals surface area contributed by atoms with E-state index in [9.17, 15) is 14.7 Å². The highest BCUT2D eigenvalue weighted by atomic mass is 16.6. The molecule has 2 atom stereocenters. The molecule has 0 spiro atoms. The smallest absolute Gasteiger partial charge is 0.348 e. The summed E-state index contributed by atoms with van der Waals surface area (Å²) >= 11 is 0. The molecule has 2 unspecified atom stereocenters. The van der Waals surface area contributed by atoms with Gasteiger partial charge in [-0.2, -0.15) is 5.10 Å². The maximum Gasteiger partial charge on any atom is 0.348 e. The molecule has 2 heterocycles. The molecule has 0 saturated carbocycles. The Balaban J connectivity index is 1.47. The topological polar surface area (TPSA) is 101 Å². The van der Waals surface area contributed by atoms with Crippen LogP contribution in [0.5, 0.6) is 0 Å². The molecule has 0 radical (unpaired) electrons. The molecule has 176 valence electrons. The molecular formula is C26H29N4O4+. The van der Waals surface area contributed by atoms with Crippen LogP contribution in [0, 0.1) is 0 Å². The number of rotatable bonds is 7. The molecule has 1 aromatic heterocycles. The van der Waals surface area contributed by atoms with Crippen LogP contribution in [0.1, 0.15) is 24.0 Å². The molecule has 1 aliphatic heterocycles. The molecule has 1 aliphatic rings. The van der Waals surface area contributed by atoms with Gasteiger partial charge in [0.15, 0.2) is 18.5 Å². The summed E-state index contributed by atoms with van der Waals surface area (Å²) in [5, 5.41) is 22.1. The van der Waals surface area contributed by atoms with Crippen molar-refractivity contribution >= 4 is 17.7 Å². The summed E-state index contributed by atoms with van der Waals surface area (Å²) in [6.07, 6.45) is 2.58. The Morgan fingerprint density at radius 3 is 2.29 bits per heavy atom. The first kappa shape index (κ1) is 23.5. The first-order valence-electron chi connectivity index (χ1n) is 11.3. The van der Waals surface area contributed by atoms with Crippen molar-refractivity contribution in [2.45, 2.75) is 24.5 Å². The Morgan fingerprint density at radius 1 is 1.06 bits per heavy atom. The number of nitrogens with one attached hydrogen (secondary N) is 1. The Hall–Kier alpha value is -3.62. The largest absolute Gasteiger partial charge is 0.454 e.